The van der Waals surface area contributed by atoms with Gasteiger partial charge in [0.1, 0.15) is 0 Å². The molecule has 3 heteroatoms. The lowest BCUT2D eigenvalue weighted by molar-refractivity contribution is -0.148. The van der Waals surface area contributed by atoms with Crippen LogP contribution in [-0.2, 0) is 9.53 Å². The zero-order valence-electron chi connectivity index (χ0n) is 13.5. The van der Waals surface area contributed by atoms with Gasteiger partial charge in [-0.15, -0.1) is 0 Å². The standard InChI is InChI=1S/C19H27NO2/c1-2-20(14-15-12-13-15)19(21)18(16-8-4-3-5-9-16)22-17-10-6-7-11-17/h3-5,8-9,15,17-18H,2,6-7,10-14H2,1H3. The first-order valence-corrected chi connectivity index (χ1v) is 8.77. The van der Waals surface area contributed by atoms with Crippen LogP contribution in [0.3, 0.4) is 0 Å². The monoisotopic (exact) mass is 301 g/mol. The van der Waals surface area contributed by atoms with Gasteiger partial charge >= 0.3 is 0 Å². The summed E-state index contributed by atoms with van der Waals surface area (Å²) in [5.41, 5.74) is 0.994. The van der Waals surface area contributed by atoms with Crippen molar-refractivity contribution in [2.75, 3.05) is 13.1 Å². The SMILES string of the molecule is CCN(CC1CC1)C(=O)C(OC1CCCC1)c1ccccc1. The fourth-order valence-corrected chi connectivity index (χ4v) is 3.28. The maximum Gasteiger partial charge on any atom is 0.256 e. The highest BCUT2D eigenvalue weighted by Gasteiger charge is 2.32. The van der Waals surface area contributed by atoms with Crippen LogP contribution in [0.1, 0.15) is 57.1 Å². The number of carbonyl (C=O) groups is 1. The summed E-state index contributed by atoms with van der Waals surface area (Å²) < 4.78 is 6.25. The van der Waals surface area contributed by atoms with E-state index in [1.54, 1.807) is 0 Å². The molecule has 0 aliphatic heterocycles. The van der Waals surface area contributed by atoms with Crippen LogP contribution in [0.15, 0.2) is 30.3 Å². The molecule has 0 spiro atoms. The minimum Gasteiger partial charge on any atom is -0.360 e. The number of hydrogen-bond acceptors (Lipinski definition) is 2. The number of hydrogen-bond donors (Lipinski definition) is 0. The van der Waals surface area contributed by atoms with Crippen molar-refractivity contribution < 1.29 is 9.53 Å². The largest absolute Gasteiger partial charge is 0.360 e. The van der Waals surface area contributed by atoms with Crippen LogP contribution in [-0.4, -0.2) is 30.0 Å². The van der Waals surface area contributed by atoms with Crippen LogP contribution in [0.25, 0.3) is 0 Å². The van der Waals surface area contributed by atoms with Gasteiger partial charge in [-0.1, -0.05) is 43.2 Å². The summed E-state index contributed by atoms with van der Waals surface area (Å²) >= 11 is 0. The van der Waals surface area contributed by atoms with Crippen LogP contribution in [0.4, 0.5) is 0 Å². The van der Waals surface area contributed by atoms with E-state index in [2.05, 4.69) is 6.92 Å². The number of benzene rings is 1. The molecule has 1 aromatic rings. The molecule has 2 aliphatic rings. The van der Waals surface area contributed by atoms with E-state index in [4.69, 9.17) is 4.74 Å². The molecule has 0 radical (unpaired) electrons. The van der Waals surface area contributed by atoms with Gasteiger partial charge in [0, 0.05) is 13.1 Å². The van der Waals surface area contributed by atoms with Gasteiger partial charge in [-0.2, -0.15) is 0 Å². The van der Waals surface area contributed by atoms with Gasteiger partial charge in [0.15, 0.2) is 6.10 Å². The molecule has 0 heterocycles. The minimum atomic E-state index is -0.428. The van der Waals surface area contributed by atoms with E-state index in [1.807, 2.05) is 35.2 Å². The molecular weight excluding hydrogens is 274 g/mol. The van der Waals surface area contributed by atoms with Crippen molar-refractivity contribution >= 4 is 5.91 Å². The molecule has 1 atom stereocenters. The fourth-order valence-electron chi connectivity index (χ4n) is 3.28. The number of ether oxygens (including phenoxy) is 1. The zero-order valence-corrected chi connectivity index (χ0v) is 13.5. The highest BCUT2D eigenvalue weighted by Crippen LogP contribution is 2.32. The summed E-state index contributed by atoms with van der Waals surface area (Å²) in [4.78, 5) is 15.0. The second-order valence-corrected chi connectivity index (χ2v) is 6.65. The highest BCUT2D eigenvalue weighted by molar-refractivity contribution is 5.82. The third-order valence-corrected chi connectivity index (χ3v) is 4.83. The molecule has 1 amide bonds. The van der Waals surface area contributed by atoms with Gasteiger partial charge in [-0.3, -0.25) is 4.79 Å². The van der Waals surface area contributed by atoms with Crippen LogP contribution in [0.5, 0.6) is 0 Å². The molecule has 22 heavy (non-hydrogen) atoms. The van der Waals surface area contributed by atoms with Crippen molar-refractivity contribution in [3.8, 4) is 0 Å². The van der Waals surface area contributed by atoms with Gasteiger partial charge in [-0.05, 0) is 44.1 Å². The van der Waals surface area contributed by atoms with Crippen molar-refractivity contribution in [1.82, 2.24) is 4.90 Å². The fraction of sp³-hybridized carbons (Fsp3) is 0.632. The van der Waals surface area contributed by atoms with Gasteiger partial charge in [0.25, 0.3) is 5.91 Å². The summed E-state index contributed by atoms with van der Waals surface area (Å²) in [6, 6.07) is 10.0. The van der Waals surface area contributed by atoms with Gasteiger partial charge in [-0.25, -0.2) is 0 Å². The molecule has 3 nitrogen and oxygen atoms in total. The predicted molar refractivity (Wildman–Crippen MR) is 87.5 cm³/mol. The van der Waals surface area contributed by atoms with Crippen molar-refractivity contribution in [3.63, 3.8) is 0 Å². The van der Waals surface area contributed by atoms with E-state index in [9.17, 15) is 4.79 Å². The first kappa shape index (κ1) is 15.5. The number of carbonyl (C=O) groups excluding carboxylic acids is 1. The Labute approximate surface area is 133 Å². The first-order chi connectivity index (χ1) is 10.8. The molecule has 0 aromatic heterocycles. The predicted octanol–water partition coefficient (Wildman–Crippen LogP) is 3.95. The lowest BCUT2D eigenvalue weighted by Gasteiger charge is -2.28. The molecule has 120 valence electrons. The molecule has 0 saturated heterocycles. The topological polar surface area (TPSA) is 29.5 Å². The highest BCUT2D eigenvalue weighted by atomic mass is 16.5. The molecule has 1 unspecified atom stereocenters. The van der Waals surface area contributed by atoms with Crippen LogP contribution in [0, 0.1) is 5.92 Å². The third kappa shape index (κ3) is 3.89. The van der Waals surface area contributed by atoms with Crippen LogP contribution >= 0.6 is 0 Å². The molecular formula is C19H27NO2. The van der Waals surface area contributed by atoms with Gasteiger partial charge in [0.2, 0.25) is 0 Å². The Morgan fingerprint density at radius 1 is 1.18 bits per heavy atom. The Hall–Kier alpha value is -1.35. The normalized spacial score (nSPS) is 20.0. The van der Waals surface area contributed by atoms with Crippen molar-refractivity contribution in [2.24, 2.45) is 5.92 Å². The Balaban J connectivity index is 1.74. The van der Waals surface area contributed by atoms with Gasteiger partial charge in [0.05, 0.1) is 6.10 Å². The summed E-state index contributed by atoms with van der Waals surface area (Å²) in [5, 5.41) is 0. The molecule has 1 aromatic carbocycles. The van der Waals surface area contributed by atoms with E-state index in [0.717, 1.165) is 31.5 Å². The summed E-state index contributed by atoms with van der Waals surface area (Å²) in [6.45, 7) is 3.73. The van der Waals surface area contributed by atoms with E-state index in [0.29, 0.717) is 5.92 Å². The average Bonchev–Trinajstić information content (AvgIpc) is 3.23. The summed E-state index contributed by atoms with van der Waals surface area (Å²) in [6.07, 6.45) is 6.97. The second kappa shape index (κ2) is 7.28. The molecule has 2 saturated carbocycles. The van der Waals surface area contributed by atoms with E-state index >= 15 is 0 Å². The Morgan fingerprint density at radius 2 is 1.86 bits per heavy atom. The van der Waals surface area contributed by atoms with Crippen LogP contribution < -0.4 is 0 Å². The van der Waals surface area contributed by atoms with E-state index in [1.165, 1.54) is 25.7 Å². The smallest absolute Gasteiger partial charge is 0.256 e. The van der Waals surface area contributed by atoms with E-state index < -0.39 is 6.10 Å². The second-order valence-electron chi connectivity index (χ2n) is 6.65. The van der Waals surface area contributed by atoms with E-state index in [-0.39, 0.29) is 12.0 Å². The molecule has 2 aliphatic carbocycles. The summed E-state index contributed by atoms with van der Waals surface area (Å²) in [7, 11) is 0. The van der Waals surface area contributed by atoms with Crippen molar-refractivity contribution in [3.05, 3.63) is 35.9 Å². The zero-order chi connectivity index (χ0) is 15.4. The first-order valence-electron chi connectivity index (χ1n) is 8.77. The number of likely N-dealkylation sites (N-methyl/N-ethyl adjacent to an activating group) is 1. The Bertz CT molecular complexity index is 477. The Kier molecular flexibility index (Phi) is 5.14. The molecule has 0 bridgehead atoms. The quantitative estimate of drug-likeness (QED) is 0.763. The minimum absolute atomic E-state index is 0.146. The lowest BCUT2D eigenvalue weighted by Crippen LogP contribution is -2.38. The maximum atomic E-state index is 13.0. The number of nitrogens with zero attached hydrogens (tertiary/aromatic N) is 1. The average molecular weight is 301 g/mol. The molecule has 0 N–H and O–H groups in total. The lowest BCUT2D eigenvalue weighted by atomic mass is 10.1. The van der Waals surface area contributed by atoms with Crippen LogP contribution in [0.2, 0.25) is 0 Å². The number of amides is 1. The molecule has 2 fully saturated rings. The Morgan fingerprint density at radius 3 is 2.45 bits per heavy atom. The summed E-state index contributed by atoms with van der Waals surface area (Å²) in [5.74, 6) is 0.860. The van der Waals surface area contributed by atoms with Gasteiger partial charge < -0.3 is 9.64 Å². The van der Waals surface area contributed by atoms with Crippen molar-refractivity contribution in [1.29, 1.82) is 0 Å². The van der Waals surface area contributed by atoms with Crippen molar-refractivity contribution in [2.45, 2.75) is 57.7 Å². The number of rotatable bonds is 7. The molecule has 3 rings (SSSR count). The maximum absolute atomic E-state index is 13.0. The third-order valence-electron chi connectivity index (χ3n) is 4.83.